The zero-order valence-electron chi connectivity index (χ0n) is 13.3. The van der Waals surface area contributed by atoms with Crippen LogP contribution in [0.25, 0.3) is 17.2 Å². The minimum Gasteiger partial charge on any atom is -0.0652 e. The maximum atomic E-state index is 2.42. The van der Waals surface area contributed by atoms with Crippen molar-refractivity contribution in [1.82, 2.24) is 0 Å². The lowest BCUT2D eigenvalue weighted by atomic mass is 9.94. The van der Waals surface area contributed by atoms with Crippen LogP contribution in [0.4, 0.5) is 0 Å². The van der Waals surface area contributed by atoms with E-state index >= 15 is 0 Å². The van der Waals surface area contributed by atoms with Gasteiger partial charge >= 0.3 is 0 Å². The van der Waals surface area contributed by atoms with E-state index in [4.69, 9.17) is 0 Å². The van der Waals surface area contributed by atoms with E-state index in [2.05, 4.69) is 69.3 Å². The summed E-state index contributed by atoms with van der Waals surface area (Å²) in [5.74, 6) is 0.594. The van der Waals surface area contributed by atoms with Crippen molar-refractivity contribution in [2.75, 3.05) is 0 Å². The fraction of sp³-hybridized carbons (Fsp3) is 0.333. The molecule has 0 saturated carbocycles. The van der Waals surface area contributed by atoms with Gasteiger partial charge in [0.05, 0.1) is 0 Å². The second-order valence-electron chi connectivity index (χ2n) is 6.38. The van der Waals surface area contributed by atoms with Crippen molar-refractivity contribution in [3.05, 3.63) is 64.7 Å². The maximum absolute atomic E-state index is 2.42. The topological polar surface area (TPSA) is 0 Å². The standard InChI is InChI=1S/C21H24/c1-4-6-16-13-19-7-5-8-20(21(19)14-16)18-11-9-17(10-12-18)15(2)3/h5,7-12,14-15H,4,6,13H2,1-3H3. The van der Waals surface area contributed by atoms with Crippen LogP contribution in [0.2, 0.25) is 0 Å². The lowest BCUT2D eigenvalue weighted by Gasteiger charge is -2.10. The highest BCUT2D eigenvalue weighted by atomic mass is 14.2. The fourth-order valence-electron chi connectivity index (χ4n) is 3.22. The van der Waals surface area contributed by atoms with E-state index in [1.54, 1.807) is 5.57 Å². The number of allylic oxidation sites excluding steroid dienone is 1. The first kappa shape index (κ1) is 14.1. The first-order valence-electron chi connectivity index (χ1n) is 8.10. The summed E-state index contributed by atoms with van der Waals surface area (Å²) in [6, 6.07) is 15.8. The minimum atomic E-state index is 0.594. The molecule has 1 aliphatic carbocycles. The molecule has 0 atom stereocenters. The zero-order valence-corrected chi connectivity index (χ0v) is 13.3. The number of rotatable bonds is 4. The summed E-state index contributed by atoms with van der Waals surface area (Å²) < 4.78 is 0. The smallest absolute Gasteiger partial charge is 0.00576 e. The molecule has 1 aliphatic rings. The Kier molecular flexibility index (Phi) is 3.96. The number of benzene rings is 2. The van der Waals surface area contributed by atoms with E-state index in [1.165, 1.54) is 40.7 Å². The molecule has 0 amide bonds. The molecule has 0 heterocycles. The van der Waals surface area contributed by atoms with Crippen LogP contribution in [0.15, 0.2) is 48.0 Å². The van der Waals surface area contributed by atoms with Gasteiger partial charge in [-0.05, 0) is 46.6 Å². The van der Waals surface area contributed by atoms with Crippen molar-refractivity contribution in [2.24, 2.45) is 0 Å². The highest BCUT2D eigenvalue weighted by Gasteiger charge is 2.15. The summed E-state index contributed by atoms with van der Waals surface area (Å²) in [5, 5.41) is 0. The van der Waals surface area contributed by atoms with Crippen molar-refractivity contribution in [3.8, 4) is 11.1 Å². The van der Waals surface area contributed by atoms with Gasteiger partial charge in [-0.15, -0.1) is 0 Å². The molecule has 0 radical (unpaired) electrons. The van der Waals surface area contributed by atoms with Crippen molar-refractivity contribution in [1.29, 1.82) is 0 Å². The van der Waals surface area contributed by atoms with E-state index in [9.17, 15) is 0 Å². The Morgan fingerprint density at radius 2 is 1.76 bits per heavy atom. The molecule has 0 aromatic heterocycles. The van der Waals surface area contributed by atoms with Crippen LogP contribution in [0.1, 0.15) is 56.2 Å². The summed E-state index contributed by atoms with van der Waals surface area (Å²) in [4.78, 5) is 0. The number of hydrogen-bond donors (Lipinski definition) is 0. The molecular weight excluding hydrogens is 252 g/mol. The van der Waals surface area contributed by atoms with Crippen molar-refractivity contribution < 1.29 is 0 Å². The Morgan fingerprint density at radius 3 is 2.43 bits per heavy atom. The average molecular weight is 276 g/mol. The minimum absolute atomic E-state index is 0.594. The lowest BCUT2D eigenvalue weighted by Crippen LogP contribution is -1.89. The molecule has 3 rings (SSSR count). The highest BCUT2D eigenvalue weighted by Crippen LogP contribution is 2.35. The van der Waals surface area contributed by atoms with Crippen LogP contribution in [0.3, 0.4) is 0 Å². The van der Waals surface area contributed by atoms with Gasteiger partial charge in [-0.25, -0.2) is 0 Å². The monoisotopic (exact) mass is 276 g/mol. The normalized spacial score (nSPS) is 13.4. The number of hydrogen-bond acceptors (Lipinski definition) is 0. The Hall–Kier alpha value is -1.82. The van der Waals surface area contributed by atoms with Gasteiger partial charge in [0.2, 0.25) is 0 Å². The second-order valence-corrected chi connectivity index (χ2v) is 6.38. The van der Waals surface area contributed by atoms with Crippen molar-refractivity contribution in [3.63, 3.8) is 0 Å². The second kappa shape index (κ2) is 5.89. The molecule has 0 fully saturated rings. The Balaban J connectivity index is 1.99. The highest BCUT2D eigenvalue weighted by molar-refractivity contribution is 5.80. The average Bonchev–Trinajstić information content (AvgIpc) is 2.90. The van der Waals surface area contributed by atoms with Crippen LogP contribution < -0.4 is 0 Å². The first-order chi connectivity index (χ1) is 10.2. The first-order valence-corrected chi connectivity index (χ1v) is 8.10. The Morgan fingerprint density at radius 1 is 1.00 bits per heavy atom. The van der Waals surface area contributed by atoms with Crippen LogP contribution in [-0.4, -0.2) is 0 Å². The van der Waals surface area contributed by atoms with Crippen LogP contribution in [0, 0.1) is 0 Å². The van der Waals surface area contributed by atoms with E-state index in [0.717, 1.165) is 6.42 Å². The Labute approximate surface area is 128 Å². The lowest BCUT2D eigenvalue weighted by molar-refractivity contribution is 0.867. The molecule has 21 heavy (non-hydrogen) atoms. The molecule has 0 spiro atoms. The summed E-state index contributed by atoms with van der Waals surface area (Å²) in [5.41, 5.74) is 8.65. The molecule has 0 aliphatic heterocycles. The van der Waals surface area contributed by atoms with E-state index < -0.39 is 0 Å². The molecule has 0 bridgehead atoms. The largest absolute Gasteiger partial charge is 0.0652 e. The third-order valence-corrected chi connectivity index (χ3v) is 4.42. The molecule has 0 N–H and O–H groups in total. The Bertz CT molecular complexity index is 657. The van der Waals surface area contributed by atoms with Gasteiger partial charge in [0.15, 0.2) is 0 Å². The summed E-state index contributed by atoms with van der Waals surface area (Å²) in [7, 11) is 0. The summed E-state index contributed by atoms with van der Waals surface area (Å²) in [6.07, 6.45) is 6.02. The van der Waals surface area contributed by atoms with Gasteiger partial charge in [-0.2, -0.15) is 0 Å². The predicted molar refractivity (Wildman–Crippen MR) is 92.6 cm³/mol. The van der Waals surface area contributed by atoms with Crippen molar-refractivity contribution >= 4 is 6.08 Å². The van der Waals surface area contributed by atoms with Crippen LogP contribution in [0.5, 0.6) is 0 Å². The van der Waals surface area contributed by atoms with Gasteiger partial charge < -0.3 is 0 Å². The summed E-state index contributed by atoms with van der Waals surface area (Å²) >= 11 is 0. The number of fused-ring (bicyclic) bond motifs is 1. The quantitative estimate of drug-likeness (QED) is 0.622. The van der Waals surface area contributed by atoms with Gasteiger partial charge in [0.25, 0.3) is 0 Å². The van der Waals surface area contributed by atoms with Gasteiger partial charge in [-0.1, -0.05) is 81.3 Å². The molecular formula is C21H24. The molecule has 0 nitrogen and oxygen atoms in total. The molecule has 0 unspecified atom stereocenters. The SMILES string of the molecule is CCCC1=Cc2c(cccc2-c2ccc(C(C)C)cc2)C1. The van der Waals surface area contributed by atoms with Crippen LogP contribution in [-0.2, 0) is 6.42 Å². The van der Waals surface area contributed by atoms with E-state index in [1.807, 2.05) is 0 Å². The van der Waals surface area contributed by atoms with E-state index in [-0.39, 0.29) is 0 Å². The predicted octanol–water partition coefficient (Wildman–Crippen LogP) is 6.22. The van der Waals surface area contributed by atoms with E-state index in [0.29, 0.717) is 5.92 Å². The van der Waals surface area contributed by atoms with Crippen LogP contribution >= 0.6 is 0 Å². The zero-order chi connectivity index (χ0) is 14.8. The molecule has 0 heteroatoms. The third kappa shape index (κ3) is 2.81. The van der Waals surface area contributed by atoms with Gasteiger partial charge in [0.1, 0.15) is 0 Å². The van der Waals surface area contributed by atoms with Gasteiger partial charge in [-0.3, -0.25) is 0 Å². The third-order valence-electron chi connectivity index (χ3n) is 4.42. The fourth-order valence-corrected chi connectivity index (χ4v) is 3.22. The molecule has 2 aromatic rings. The molecule has 0 saturated heterocycles. The summed E-state index contributed by atoms with van der Waals surface area (Å²) in [6.45, 7) is 6.75. The maximum Gasteiger partial charge on any atom is -0.00576 e. The molecule has 2 aromatic carbocycles. The van der Waals surface area contributed by atoms with Crippen molar-refractivity contribution in [2.45, 2.75) is 46.0 Å². The molecule has 108 valence electrons. The van der Waals surface area contributed by atoms with Gasteiger partial charge in [0, 0.05) is 0 Å².